The summed E-state index contributed by atoms with van der Waals surface area (Å²) in [5.74, 6) is -0.257. The monoisotopic (exact) mass is 290 g/mol. The van der Waals surface area contributed by atoms with E-state index in [0.717, 1.165) is 30.7 Å². The van der Waals surface area contributed by atoms with Crippen LogP contribution in [0.25, 0.3) is 0 Å². The summed E-state index contributed by atoms with van der Waals surface area (Å²) in [7, 11) is 0. The molecule has 4 aliphatic rings. The molecule has 3 aliphatic carbocycles. The van der Waals surface area contributed by atoms with Crippen molar-refractivity contribution >= 4 is 12.3 Å². The standard InChI is InChI=1S/C15H18N2O4/c1-9-12(14-6-15(7-14,8-14)13(19)20)16-11(5-18)17(9)4-10-2-3-21-10/h5,10H,2-4,6-8H2,1H3,(H,19,20). The normalized spacial score (nSPS) is 36.3. The van der Waals surface area contributed by atoms with Gasteiger partial charge in [-0.25, -0.2) is 4.98 Å². The first kappa shape index (κ1) is 13.0. The summed E-state index contributed by atoms with van der Waals surface area (Å²) in [5, 5.41) is 9.23. The van der Waals surface area contributed by atoms with E-state index in [9.17, 15) is 14.7 Å². The Kier molecular flexibility index (Phi) is 2.44. The van der Waals surface area contributed by atoms with Crippen LogP contribution < -0.4 is 0 Å². The summed E-state index contributed by atoms with van der Waals surface area (Å²) in [6.07, 6.45) is 3.94. The average Bonchev–Trinajstić information content (AvgIpc) is 2.58. The molecule has 6 heteroatoms. The third-order valence-electron chi connectivity index (χ3n) is 5.52. The molecule has 0 amide bonds. The van der Waals surface area contributed by atoms with E-state index in [0.29, 0.717) is 31.6 Å². The minimum Gasteiger partial charge on any atom is -0.481 e. The van der Waals surface area contributed by atoms with E-state index in [1.807, 2.05) is 11.5 Å². The SMILES string of the molecule is Cc1c(C23CC(C(=O)O)(C2)C3)nc(C=O)n1CC1CCO1. The van der Waals surface area contributed by atoms with E-state index in [1.54, 1.807) is 0 Å². The number of ether oxygens (including phenoxy) is 1. The molecule has 1 unspecified atom stereocenters. The zero-order valence-electron chi connectivity index (χ0n) is 12.0. The number of imidazole rings is 1. The number of rotatable bonds is 5. The van der Waals surface area contributed by atoms with E-state index < -0.39 is 11.4 Å². The first-order valence-corrected chi connectivity index (χ1v) is 7.37. The van der Waals surface area contributed by atoms with Crippen molar-refractivity contribution in [1.82, 2.24) is 9.55 Å². The van der Waals surface area contributed by atoms with Crippen LogP contribution in [0.4, 0.5) is 0 Å². The van der Waals surface area contributed by atoms with Gasteiger partial charge in [0.1, 0.15) is 0 Å². The zero-order valence-corrected chi connectivity index (χ0v) is 12.0. The molecule has 5 rings (SSSR count). The summed E-state index contributed by atoms with van der Waals surface area (Å²) in [6.45, 7) is 3.42. The molecule has 6 nitrogen and oxygen atoms in total. The van der Waals surface area contributed by atoms with Crippen molar-refractivity contribution in [2.24, 2.45) is 5.41 Å². The number of hydrogen-bond donors (Lipinski definition) is 1. The highest BCUT2D eigenvalue weighted by molar-refractivity contribution is 5.81. The lowest BCUT2D eigenvalue weighted by molar-refractivity contribution is -0.195. The van der Waals surface area contributed by atoms with E-state index in [4.69, 9.17) is 4.74 Å². The molecule has 1 aliphatic heterocycles. The van der Waals surface area contributed by atoms with E-state index in [-0.39, 0.29) is 11.5 Å². The van der Waals surface area contributed by atoms with E-state index >= 15 is 0 Å². The molecule has 112 valence electrons. The van der Waals surface area contributed by atoms with Crippen LogP contribution in [0.2, 0.25) is 0 Å². The quantitative estimate of drug-likeness (QED) is 0.827. The molecule has 1 atom stereocenters. The van der Waals surface area contributed by atoms with Crippen LogP contribution in [0.1, 0.15) is 47.7 Å². The average molecular weight is 290 g/mol. The second kappa shape index (κ2) is 3.94. The van der Waals surface area contributed by atoms with Crippen LogP contribution in [0.15, 0.2) is 0 Å². The fraction of sp³-hybridized carbons (Fsp3) is 0.667. The Labute approximate surface area is 122 Å². The van der Waals surface area contributed by atoms with Gasteiger partial charge in [0.05, 0.1) is 23.8 Å². The number of carboxylic acids is 1. The lowest BCUT2D eigenvalue weighted by atomic mass is 9.34. The Morgan fingerprint density at radius 1 is 1.52 bits per heavy atom. The van der Waals surface area contributed by atoms with Gasteiger partial charge in [0.15, 0.2) is 12.1 Å². The van der Waals surface area contributed by atoms with Gasteiger partial charge >= 0.3 is 5.97 Å². The third-order valence-corrected chi connectivity index (χ3v) is 5.52. The molecule has 0 aromatic carbocycles. The van der Waals surface area contributed by atoms with Crippen LogP contribution in [-0.2, 0) is 21.5 Å². The maximum absolute atomic E-state index is 11.3. The Hall–Kier alpha value is -1.69. The molecular formula is C15H18N2O4. The van der Waals surface area contributed by atoms with Crippen molar-refractivity contribution in [3.8, 4) is 0 Å². The molecule has 0 radical (unpaired) electrons. The first-order valence-electron chi connectivity index (χ1n) is 7.37. The molecule has 1 saturated heterocycles. The van der Waals surface area contributed by atoms with Crippen LogP contribution in [0.5, 0.6) is 0 Å². The lowest BCUT2D eigenvalue weighted by Gasteiger charge is -2.67. The van der Waals surface area contributed by atoms with Crippen molar-refractivity contribution < 1.29 is 19.4 Å². The summed E-state index contributed by atoms with van der Waals surface area (Å²) in [5.41, 5.74) is 1.29. The minimum atomic E-state index is -0.695. The molecule has 2 heterocycles. The summed E-state index contributed by atoms with van der Waals surface area (Å²) in [4.78, 5) is 27.0. The summed E-state index contributed by atoms with van der Waals surface area (Å²) < 4.78 is 7.37. The van der Waals surface area contributed by atoms with Crippen LogP contribution in [0.3, 0.4) is 0 Å². The molecule has 1 N–H and O–H groups in total. The second-order valence-corrected chi connectivity index (χ2v) is 6.81. The molecule has 1 aromatic rings. The molecular weight excluding hydrogens is 272 g/mol. The van der Waals surface area contributed by atoms with Gasteiger partial charge in [-0.2, -0.15) is 0 Å². The van der Waals surface area contributed by atoms with Gasteiger partial charge < -0.3 is 14.4 Å². The van der Waals surface area contributed by atoms with Gasteiger partial charge in [-0.05, 0) is 32.6 Å². The number of aromatic nitrogens is 2. The number of aliphatic carboxylic acids is 1. The van der Waals surface area contributed by atoms with Gasteiger partial charge in [-0.15, -0.1) is 0 Å². The topological polar surface area (TPSA) is 81.4 Å². The Bertz CT molecular complexity index is 625. The molecule has 2 bridgehead atoms. The number of carbonyl (C=O) groups is 2. The highest BCUT2D eigenvalue weighted by atomic mass is 16.5. The number of carbonyl (C=O) groups excluding carboxylic acids is 1. The third kappa shape index (κ3) is 1.54. The molecule has 0 spiro atoms. The van der Waals surface area contributed by atoms with Crippen LogP contribution >= 0.6 is 0 Å². The largest absolute Gasteiger partial charge is 0.481 e. The number of carboxylic acid groups (broad SMARTS) is 1. The van der Waals surface area contributed by atoms with Crippen molar-refractivity contribution in [2.45, 2.75) is 50.7 Å². The van der Waals surface area contributed by atoms with E-state index in [2.05, 4.69) is 4.98 Å². The maximum Gasteiger partial charge on any atom is 0.309 e. The van der Waals surface area contributed by atoms with Gasteiger partial charge in [0.2, 0.25) is 0 Å². The van der Waals surface area contributed by atoms with Crippen molar-refractivity contribution in [1.29, 1.82) is 0 Å². The molecule has 3 saturated carbocycles. The summed E-state index contributed by atoms with van der Waals surface area (Å²) >= 11 is 0. The van der Waals surface area contributed by atoms with Crippen LogP contribution in [-0.4, -0.2) is 39.6 Å². The highest BCUT2D eigenvalue weighted by Crippen LogP contribution is 2.73. The first-order chi connectivity index (χ1) is 10.00. The number of nitrogens with zero attached hydrogens (tertiary/aromatic N) is 2. The van der Waals surface area contributed by atoms with Crippen molar-refractivity contribution in [3.05, 3.63) is 17.2 Å². The lowest BCUT2D eigenvalue weighted by Crippen LogP contribution is -2.68. The Morgan fingerprint density at radius 3 is 2.67 bits per heavy atom. The maximum atomic E-state index is 11.3. The number of hydrogen-bond acceptors (Lipinski definition) is 4. The van der Waals surface area contributed by atoms with Gasteiger partial charge in [-0.3, -0.25) is 9.59 Å². The fourth-order valence-electron chi connectivity index (χ4n) is 4.28. The van der Waals surface area contributed by atoms with Gasteiger partial charge in [0, 0.05) is 17.7 Å². The molecule has 1 aromatic heterocycles. The smallest absolute Gasteiger partial charge is 0.309 e. The fourth-order valence-corrected chi connectivity index (χ4v) is 4.28. The molecule has 21 heavy (non-hydrogen) atoms. The minimum absolute atomic E-state index is 0.105. The predicted octanol–water partition coefficient (Wildman–Crippen LogP) is 1.30. The summed E-state index contributed by atoms with van der Waals surface area (Å²) in [6, 6.07) is 0. The number of aldehydes is 1. The van der Waals surface area contributed by atoms with Crippen molar-refractivity contribution in [3.63, 3.8) is 0 Å². The predicted molar refractivity (Wildman–Crippen MR) is 72.3 cm³/mol. The Balaban J connectivity index is 1.62. The Morgan fingerprint density at radius 2 is 2.19 bits per heavy atom. The van der Waals surface area contributed by atoms with Gasteiger partial charge in [-0.1, -0.05) is 0 Å². The van der Waals surface area contributed by atoms with E-state index in [1.165, 1.54) is 0 Å². The zero-order chi connectivity index (χ0) is 14.8. The second-order valence-electron chi connectivity index (χ2n) is 6.81. The van der Waals surface area contributed by atoms with Crippen molar-refractivity contribution in [2.75, 3.05) is 6.61 Å². The highest BCUT2D eigenvalue weighted by Gasteiger charge is 2.73. The van der Waals surface area contributed by atoms with Gasteiger partial charge in [0.25, 0.3) is 0 Å². The van der Waals surface area contributed by atoms with Crippen LogP contribution in [0, 0.1) is 12.3 Å². The molecule has 4 fully saturated rings.